The lowest BCUT2D eigenvalue weighted by atomic mass is 10.2. The third kappa shape index (κ3) is 6.67. The maximum Gasteiger partial charge on any atom is 0.209 e. The molecule has 0 aliphatic heterocycles. The molecule has 0 aliphatic carbocycles. The number of halogens is 2. The molecule has 0 fully saturated rings. The first-order valence-corrected chi connectivity index (χ1v) is 10.1. The topological polar surface area (TPSA) is 64.9 Å². The van der Waals surface area contributed by atoms with E-state index in [1.165, 1.54) is 0 Å². The van der Waals surface area contributed by atoms with E-state index in [2.05, 4.69) is 26.9 Å². The molecule has 1 aromatic heterocycles. The highest BCUT2D eigenvalue weighted by Crippen LogP contribution is 2.22. The minimum Gasteiger partial charge on any atom is -1.00 e. The number of hydrogen-bond acceptors (Lipinski definition) is 6. The van der Waals surface area contributed by atoms with Crippen LogP contribution in [0.3, 0.4) is 0 Å². The van der Waals surface area contributed by atoms with Crippen molar-refractivity contribution in [2.75, 3.05) is 12.3 Å². The second kappa shape index (κ2) is 11.9. The van der Waals surface area contributed by atoms with Crippen molar-refractivity contribution >= 4 is 23.4 Å². The molecule has 0 atom stereocenters. The van der Waals surface area contributed by atoms with Gasteiger partial charge >= 0.3 is 0 Å². The van der Waals surface area contributed by atoms with E-state index in [4.69, 9.17) is 16.3 Å². The van der Waals surface area contributed by atoms with Gasteiger partial charge in [0.25, 0.3) is 0 Å². The molecule has 3 rings (SSSR count). The molecule has 6 nitrogen and oxygen atoms in total. The molecule has 9 heteroatoms. The van der Waals surface area contributed by atoms with Gasteiger partial charge in [-0.2, -0.15) is 0 Å². The average molecular weight is 439 g/mol. The second-order valence-corrected chi connectivity index (χ2v) is 7.42. The van der Waals surface area contributed by atoms with Gasteiger partial charge in [-0.3, -0.25) is 0 Å². The van der Waals surface area contributed by atoms with Gasteiger partial charge in [0.2, 0.25) is 5.16 Å². The maximum absolute atomic E-state index is 6.20. The number of rotatable bonds is 10. The summed E-state index contributed by atoms with van der Waals surface area (Å²) in [5.74, 6) is 1.84. The highest BCUT2D eigenvalue weighted by atomic mass is 35.5. The highest BCUT2D eigenvalue weighted by Gasteiger charge is 2.06. The molecule has 150 valence electrons. The van der Waals surface area contributed by atoms with Crippen molar-refractivity contribution < 1.29 is 17.1 Å². The van der Waals surface area contributed by atoms with Crippen LogP contribution >= 0.6 is 23.4 Å². The Bertz CT molecular complexity index is 862. The van der Waals surface area contributed by atoms with Crippen molar-refractivity contribution in [3.63, 3.8) is 0 Å². The van der Waals surface area contributed by atoms with E-state index in [1.54, 1.807) is 16.4 Å². The summed E-state index contributed by atoms with van der Waals surface area (Å²) in [4.78, 5) is 0. The summed E-state index contributed by atoms with van der Waals surface area (Å²) in [6.07, 6.45) is 1.03. The molecule has 0 unspecified atom stereocenters. The Balaban J connectivity index is 0.00000280. The summed E-state index contributed by atoms with van der Waals surface area (Å²) in [5, 5.41) is 16.5. The largest absolute Gasteiger partial charge is 1.00 e. The standard InChI is InChI=1S/C19H22ClN5OS.ClH/c1-25-19(22-23-24-25)27-12-6-11-21-13-15-7-3-5-10-18(15)26-14-16-8-2-4-9-17(16)20;/h2-5,7-10,21H,6,11-14H2,1H3;1H/p-1. The number of ether oxygens (including phenoxy) is 1. The predicted octanol–water partition coefficient (Wildman–Crippen LogP) is 0.718. The molecule has 28 heavy (non-hydrogen) atoms. The van der Waals surface area contributed by atoms with Gasteiger partial charge in [-0.1, -0.05) is 59.8 Å². The Hall–Kier alpha value is -1.80. The van der Waals surface area contributed by atoms with Gasteiger partial charge < -0.3 is 22.5 Å². The Morgan fingerprint density at radius 1 is 1.11 bits per heavy atom. The number of aryl methyl sites for hydroxylation is 1. The van der Waals surface area contributed by atoms with E-state index in [1.807, 2.05) is 49.5 Å². The van der Waals surface area contributed by atoms with Crippen molar-refractivity contribution in [2.24, 2.45) is 7.05 Å². The summed E-state index contributed by atoms with van der Waals surface area (Å²) in [5.41, 5.74) is 2.12. The lowest BCUT2D eigenvalue weighted by molar-refractivity contribution is -0.00000595. The van der Waals surface area contributed by atoms with Crippen LogP contribution in [0.2, 0.25) is 5.02 Å². The molecule has 0 bridgehead atoms. The fraction of sp³-hybridized carbons (Fsp3) is 0.316. The Labute approximate surface area is 180 Å². The number of benzene rings is 2. The summed E-state index contributed by atoms with van der Waals surface area (Å²) in [6, 6.07) is 15.8. The van der Waals surface area contributed by atoms with Gasteiger partial charge in [0.05, 0.1) is 0 Å². The minimum absolute atomic E-state index is 0. The molecule has 2 aromatic carbocycles. The summed E-state index contributed by atoms with van der Waals surface area (Å²) in [6.45, 7) is 2.13. The number of nitrogens with zero attached hydrogens (tertiary/aromatic N) is 4. The Morgan fingerprint density at radius 2 is 1.86 bits per heavy atom. The lowest BCUT2D eigenvalue weighted by Gasteiger charge is -2.13. The SMILES string of the molecule is Cn1nnnc1SCCCNCc1ccccc1OCc1ccccc1Cl.[Cl-]. The average Bonchev–Trinajstić information content (AvgIpc) is 3.09. The van der Waals surface area contributed by atoms with E-state index in [0.717, 1.165) is 52.3 Å². The first-order valence-electron chi connectivity index (χ1n) is 8.74. The highest BCUT2D eigenvalue weighted by molar-refractivity contribution is 7.99. The minimum atomic E-state index is 0. The van der Waals surface area contributed by atoms with Crippen LogP contribution in [0, 0.1) is 0 Å². The molecule has 0 spiro atoms. The molecular weight excluding hydrogens is 417 g/mol. The van der Waals surface area contributed by atoms with Crippen LogP contribution in [0.25, 0.3) is 0 Å². The van der Waals surface area contributed by atoms with Crippen LogP contribution in [-0.4, -0.2) is 32.5 Å². The Morgan fingerprint density at radius 3 is 2.61 bits per heavy atom. The van der Waals surface area contributed by atoms with Crippen LogP contribution in [-0.2, 0) is 20.2 Å². The molecule has 3 aromatic rings. The summed E-state index contributed by atoms with van der Waals surface area (Å²) >= 11 is 7.86. The number of thioether (sulfide) groups is 1. The molecule has 1 N–H and O–H groups in total. The van der Waals surface area contributed by atoms with E-state index < -0.39 is 0 Å². The number of para-hydroxylation sites is 1. The van der Waals surface area contributed by atoms with Crippen LogP contribution in [0.5, 0.6) is 5.75 Å². The fourth-order valence-corrected chi connectivity index (χ4v) is 3.47. The van der Waals surface area contributed by atoms with Gasteiger partial charge in [-0.25, -0.2) is 4.68 Å². The zero-order valence-corrected chi connectivity index (χ0v) is 17.8. The van der Waals surface area contributed by atoms with Crippen molar-refractivity contribution in [3.8, 4) is 5.75 Å². The van der Waals surface area contributed by atoms with Gasteiger partial charge in [0.15, 0.2) is 0 Å². The Kier molecular flexibility index (Phi) is 9.57. The fourth-order valence-electron chi connectivity index (χ4n) is 2.49. The molecule has 0 saturated heterocycles. The van der Waals surface area contributed by atoms with Crippen molar-refractivity contribution in [2.45, 2.75) is 24.7 Å². The van der Waals surface area contributed by atoms with E-state index in [9.17, 15) is 0 Å². The van der Waals surface area contributed by atoms with E-state index >= 15 is 0 Å². The van der Waals surface area contributed by atoms with E-state index in [-0.39, 0.29) is 12.4 Å². The van der Waals surface area contributed by atoms with Crippen molar-refractivity contribution in [1.29, 1.82) is 0 Å². The van der Waals surface area contributed by atoms with Crippen LogP contribution in [0.1, 0.15) is 17.5 Å². The number of nitrogens with one attached hydrogen (secondary N) is 1. The normalized spacial score (nSPS) is 10.5. The first-order chi connectivity index (χ1) is 13.2. The van der Waals surface area contributed by atoms with E-state index in [0.29, 0.717) is 6.61 Å². The zero-order chi connectivity index (χ0) is 18.9. The van der Waals surface area contributed by atoms with Gasteiger partial charge in [0.1, 0.15) is 12.4 Å². The quantitative estimate of drug-likeness (QED) is 0.371. The van der Waals surface area contributed by atoms with Gasteiger partial charge in [0, 0.05) is 35.5 Å². The number of tetrazole rings is 1. The molecular formula is C19H22Cl2N5OS-. The molecule has 1 heterocycles. The first kappa shape index (κ1) is 22.5. The lowest BCUT2D eigenvalue weighted by Crippen LogP contribution is -3.00. The molecule has 0 amide bonds. The smallest absolute Gasteiger partial charge is 0.209 e. The third-order valence-corrected chi connectivity index (χ3v) is 5.40. The van der Waals surface area contributed by atoms with Crippen LogP contribution in [0.15, 0.2) is 53.7 Å². The third-order valence-electron chi connectivity index (χ3n) is 3.94. The second-order valence-electron chi connectivity index (χ2n) is 5.95. The van der Waals surface area contributed by atoms with Gasteiger partial charge in [-0.15, -0.1) is 5.10 Å². The maximum atomic E-state index is 6.20. The van der Waals surface area contributed by atoms with Crippen molar-refractivity contribution in [3.05, 3.63) is 64.7 Å². The van der Waals surface area contributed by atoms with Crippen molar-refractivity contribution in [1.82, 2.24) is 25.5 Å². The number of aromatic nitrogens is 4. The predicted molar refractivity (Wildman–Crippen MR) is 108 cm³/mol. The number of hydrogen-bond donors (Lipinski definition) is 1. The molecule has 0 saturated carbocycles. The molecule has 0 aliphatic rings. The van der Waals surface area contributed by atoms with Crippen LogP contribution in [0.4, 0.5) is 0 Å². The summed E-state index contributed by atoms with van der Waals surface area (Å²) in [7, 11) is 1.85. The monoisotopic (exact) mass is 438 g/mol. The molecule has 0 radical (unpaired) electrons. The summed E-state index contributed by atoms with van der Waals surface area (Å²) < 4.78 is 7.68. The van der Waals surface area contributed by atoms with Gasteiger partial charge in [-0.05, 0) is 35.5 Å². The zero-order valence-electron chi connectivity index (χ0n) is 15.5. The van der Waals surface area contributed by atoms with Crippen LogP contribution < -0.4 is 22.5 Å².